The van der Waals surface area contributed by atoms with Crippen molar-refractivity contribution in [1.29, 1.82) is 0 Å². The van der Waals surface area contributed by atoms with Crippen molar-refractivity contribution in [3.05, 3.63) is 66.0 Å². The van der Waals surface area contributed by atoms with E-state index in [0.29, 0.717) is 13.1 Å². The van der Waals surface area contributed by atoms with Crippen LogP contribution in [0.25, 0.3) is 11.0 Å². The number of fused-ring (bicyclic) bond motifs is 1. The van der Waals surface area contributed by atoms with Gasteiger partial charge in [0, 0.05) is 24.9 Å². The first kappa shape index (κ1) is 18.9. The first-order valence-corrected chi connectivity index (χ1v) is 10.8. The molecule has 2 aromatic carbocycles. The van der Waals surface area contributed by atoms with Crippen LogP contribution in [0.3, 0.4) is 0 Å². The maximum Gasteiger partial charge on any atom is 0.225 e. The minimum atomic E-state index is -0.225. The fourth-order valence-electron chi connectivity index (χ4n) is 4.35. The van der Waals surface area contributed by atoms with Crippen LogP contribution in [0.2, 0.25) is 0 Å². The zero-order valence-corrected chi connectivity index (χ0v) is 16.9. The van der Waals surface area contributed by atoms with Gasteiger partial charge >= 0.3 is 0 Å². The Hall–Kier alpha value is -3.15. The Morgan fingerprint density at radius 1 is 0.967 bits per heavy atom. The number of aromatic nitrogens is 2. The van der Waals surface area contributed by atoms with Crippen molar-refractivity contribution in [2.45, 2.75) is 31.7 Å². The molecule has 0 bridgehead atoms. The Morgan fingerprint density at radius 2 is 1.73 bits per heavy atom. The molecule has 1 saturated heterocycles. The number of likely N-dealkylation sites (tertiary alicyclic amines) is 1. The quantitative estimate of drug-likeness (QED) is 0.686. The van der Waals surface area contributed by atoms with Crippen LogP contribution in [0.15, 0.2) is 54.9 Å². The molecule has 2 aliphatic rings. The van der Waals surface area contributed by atoms with Crippen molar-refractivity contribution in [2.24, 2.45) is 11.8 Å². The van der Waals surface area contributed by atoms with Crippen molar-refractivity contribution in [2.75, 3.05) is 13.1 Å². The monoisotopic (exact) mass is 402 g/mol. The molecule has 6 heteroatoms. The van der Waals surface area contributed by atoms with Crippen LogP contribution in [0.4, 0.5) is 0 Å². The third kappa shape index (κ3) is 3.82. The van der Waals surface area contributed by atoms with E-state index in [-0.39, 0.29) is 29.7 Å². The fraction of sp³-hybridized carbons (Fsp3) is 0.375. The summed E-state index contributed by atoms with van der Waals surface area (Å²) in [5.41, 5.74) is 3.93. The van der Waals surface area contributed by atoms with Gasteiger partial charge in [-0.2, -0.15) is 0 Å². The van der Waals surface area contributed by atoms with Gasteiger partial charge in [0.15, 0.2) is 0 Å². The van der Waals surface area contributed by atoms with Gasteiger partial charge in [0.05, 0.1) is 23.4 Å². The number of benzene rings is 2. The lowest BCUT2D eigenvalue weighted by molar-refractivity contribution is -0.136. The lowest BCUT2D eigenvalue weighted by Gasteiger charge is -2.32. The van der Waals surface area contributed by atoms with E-state index in [4.69, 9.17) is 0 Å². The summed E-state index contributed by atoms with van der Waals surface area (Å²) in [4.78, 5) is 34.8. The van der Waals surface area contributed by atoms with Gasteiger partial charge in [0.25, 0.3) is 0 Å². The molecule has 6 nitrogen and oxygen atoms in total. The third-order valence-corrected chi connectivity index (χ3v) is 6.30. The third-order valence-electron chi connectivity index (χ3n) is 6.30. The van der Waals surface area contributed by atoms with E-state index in [1.54, 1.807) is 6.33 Å². The summed E-state index contributed by atoms with van der Waals surface area (Å²) in [6.07, 6.45) is 5.19. The molecule has 1 saturated carbocycles. The highest BCUT2D eigenvalue weighted by molar-refractivity contribution is 5.83. The number of nitrogens with zero attached hydrogens (tertiary/aromatic N) is 2. The van der Waals surface area contributed by atoms with Crippen LogP contribution < -0.4 is 5.32 Å². The molecule has 2 N–H and O–H groups in total. The van der Waals surface area contributed by atoms with Crippen molar-refractivity contribution >= 4 is 22.8 Å². The first-order valence-electron chi connectivity index (χ1n) is 10.8. The Bertz CT molecular complexity index is 1050. The topological polar surface area (TPSA) is 78.1 Å². The highest BCUT2D eigenvalue weighted by Crippen LogP contribution is 2.33. The molecule has 0 unspecified atom stereocenters. The molecule has 5 rings (SSSR count). The number of carbonyl (C=O) groups is 2. The second-order valence-corrected chi connectivity index (χ2v) is 8.41. The summed E-state index contributed by atoms with van der Waals surface area (Å²) in [5, 5.41) is 3.28. The lowest BCUT2D eigenvalue weighted by atomic mass is 9.93. The minimum absolute atomic E-state index is 0.0599. The number of nitrogens with one attached hydrogen (secondary N) is 2. The summed E-state index contributed by atoms with van der Waals surface area (Å²) in [6, 6.07) is 15.9. The van der Waals surface area contributed by atoms with Crippen LogP contribution in [0, 0.1) is 11.8 Å². The number of carbonyl (C=O) groups excluding carboxylic acids is 2. The van der Waals surface area contributed by atoms with Crippen molar-refractivity contribution in [3.63, 3.8) is 0 Å². The Balaban J connectivity index is 1.32. The summed E-state index contributed by atoms with van der Waals surface area (Å²) in [5.74, 6) is 0.529. The average Bonchev–Trinajstić information content (AvgIpc) is 3.54. The number of imidazole rings is 1. The molecule has 1 atom stereocenters. The number of piperidine rings is 1. The van der Waals surface area contributed by atoms with E-state index in [2.05, 4.69) is 21.4 Å². The van der Waals surface area contributed by atoms with Crippen LogP contribution >= 0.6 is 0 Å². The standard InChI is InChI=1S/C24H26N4O2/c29-23(17-10-12-28(13-11-17)24(30)18-6-7-18)27-22(16-4-2-1-3-5-16)19-8-9-20-21(14-19)26-15-25-20/h1-5,8-9,14-15,17-18,22H,6-7,10-13H2,(H,25,26)(H,27,29)/t22-/m0/s1. The summed E-state index contributed by atoms with van der Waals surface area (Å²) >= 11 is 0. The van der Waals surface area contributed by atoms with Crippen molar-refractivity contribution in [1.82, 2.24) is 20.2 Å². The van der Waals surface area contributed by atoms with E-state index < -0.39 is 0 Å². The van der Waals surface area contributed by atoms with Gasteiger partial charge in [-0.1, -0.05) is 36.4 Å². The molecule has 1 aliphatic carbocycles. The van der Waals surface area contributed by atoms with Gasteiger partial charge in [-0.25, -0.2) is 4.98 Å². The van der Waals surface area contributed by atoms with Gasteiger partial charge in [0.1, 0.15) is 0 Å². The highest BCUT2D eigenvalue weighted by atomic mass is 16.2. The van der Waals surface area contributed by atoms with E-state index >= 15 is 0 Å². The molecule has 1 aromatic heterocycles. The number of aromatic amines is 1. The Kier molecular flexibility index (Phi) is 4.99. The minimum Gasteiger partial charge on any atom is -0.345 e. The number of H-pyrrole nitrogens is 1. The van der Waals surface area contributed by atoms with Crippen molar-refractivity contribution in [3.8, 4) is 0 Å². The van der Waals surface area contributed by atoms with Crippen LogP contribution in [-0.4, -0.2) is 39.8 Å². The Morgan fingerprint density at radius 3 is 2.47 bits per heavy atom. The molecule has 154 valence electrons. The average molecular weight is 402 g/mol. The number of hydrogen-bond donors (Lipinski definition) is 2. The van der Waals surface area contributed by atoms with Crippen LogP contribution in [0.5, 0.6) is 0 Å². The van der Waals surface area contributed by atoms with Gasteiger partial charge in [-0.05, 0) is 48.9 Å². The lowest BCUT2D eigenvalue weighted by Crippen LogP contribution is -2.44. The number of hydrogen-bond acceptors (Lipinski definition) is 3. The van der Waals surface area contributed by atoms with E-state index in [9.17, 15) is 9.59 Å². The second kappa shape index (κ2) is 7.94. The van der Waals surface area contributed by atoms with E-state index in [0.717, 1.165) is 47.8 Å². The SMILES string of the molecule is O=C(N[C@@H](c1ccccc1)c1ccc2nc[nH]c2c1)C1CCN(C(=O)C2CC2)CC1. The molecular formula is C24H26N4O2. The predicted molar refractivity (Wildman–Crippen MR) is 115 cm³/mol. The second-order valence-electron chi connectivity index (χ2n) is 8.41. The maximum absolute atomic E-state index is 13.2. The molecule has 2 heterocycles. The zero-order valence-electron chi connectivity index (χ0n) is 16.9. The molecule has 0 spiro atoms. The Labute approximate surface area is 175 Å². The summed E-state index contributed by atoms with van der Waals surface area (Å²) in [6.45, 7) is 1.37. The highest BCUT2D eigenvalue weighted by Gasteiger charge is 2.36. The van der Waals surface area contributed by atoms with Gasteiger partial charge in [0.2, 0.25) is 11.8 Å². The summed E-state index contributed by atoms with van der Waals surface area (Å²) < 4.78 is 0. The van der Waals surface area contributed by atoms with Gasteiger partial charge < -0.3 is 15.2 Å². The zero-order chi connectivity index (χ0) is 20.5. The molecule has 30 heavy (non-hydrogen) atoms. The predicted octanol–water partition coefficient (Wildman–Crippen LogP) is 3.42. The first-order chi connectivity index (χ1) is 14.7. The largest absolute Gasteiger partial charge is 0.345 e. The normalized spacial score (nSPS) is 18.3. The van der Waals surface area contributed by atoms with Crippen molar-refractivity contribution < 1.29 is 9.59 Å². The van der Waals surface area contributed by atoms with Gasteiger partial charge in [-0.15, -0.1) is 0 Å². The molecule has 3 aromatic rings. The van der Waals surface area contributed by atoms with Crippen LogP contribution in [0.1, 0.15) is 42.9 Å². The van der Waals surface area contributed by atoms with Crippen LogP contribution in [-0.2, 0) is 9.59 Å². The molecular weight excluding hydrogens is 376 g/mol. The smallest absolute Gasteiger partial charge is 0.225 e. The number of rotatable bonds is 5. The van der Waals surface area contributed by atoms with E-state index in [1.165, 1.54) is 0 Å². The molecule has 1 aliphatic heterocycles. The molecule has 0 radical (unpaired) electrons. The van der Waals surface area contributed by atoms with Gasteiger partial charge in [-0.3, -0.25) is 9.59 Å². The van der Waals surface area contributed by atoms with E-state index in [1.807, 2.05) is 47.4 Å². The fourth-order valence-corrected chi connectivity index (χ4v) is 4.35. The summed E-state index contributed by atoms with van der Waals surface area (Å²) in [7, 11) is 0. The molecule has 2 fully saturated rings. The number of amides is 2. The maximum atomic E-state index is 13.2. The molecule has 2 amide bonds.